The Bertz CT molecular complexity index is 959. The molecule has 31 heavy (non-hydrogen) atoms. The molecule has 168 valence electrons. The molecule has 0 radical (unpaired) electrons. The van der Waals surface area contributed by atoms with Gasteiger partial charge in [-0.1, -0.05) is 30.3 Å². The molecule has 0 bridgehead atoms. The third-order valence-electron chi connectivity index (χ3n) is 4.89. The van der Waals surface area contributed by atoms with Crippen LogP contribution in [0.4, 0.5) is 5.69 Å². The highest BCUT2D eigenvalue weighted by Gasteiger charge is 2.18. The Morgan fingerprint density at radius 1 is 1.13 bits per heavy atom. The molecular weight excluding hydrogens is 420 g/mol. The van der Waals surface area contributed by atoms with E-state index in [1.807, 2.05) is 30.3 Å². The molecule has 1 aliphatic rings. The molecule has 0 saturated carbocycles. The van der Waals surface area contributed by atoms with Crippen molar-refractivity contribution in [1.82, 2.24) is 4.90 Å². The Labute approximate surface area is 183 Å². The summed E-state index contributed by atoms with van der Waals surface area (Å²) in [5, 5.41) is 0. The third-order valence-corrected chi connectivity index (χ3v) is 6.25. The summed E-state index contributed by atoms with van der Waals surface area (Å²) in [6, 6.07) is 14.1. The van der Waals surface area contributed by atoms with Gasteiger partial charge in [-0.15, -0.1) is 0 Å². The molecule has 1 N–H and O–H groups in total. The number of carbonyl (C=O) groups excluding carboxylic acids is 1. The van der Waals surface area contributed by atoms with Crippen LogP contribution in [0, 0.1) is 0 Å². The summed E-state index contributed by atoms with van der Waals surface area (Å²) in [4.78, 5) is 14.1. The van der Waals surface area contributed by atoms with Crippen LogP contribution in [-0.2, 0) is 26.1 Å². The second-order valence-electron chi connectivity index (χ2n) is 7.21. The average molecular weight is 449 g/mol. The molecule has 3 rings (SSSR count). The van der Waals surface area contributed by atoms with Crippen molar-refractivity contribution >= 4 is 21.7 Å². The van der Waals surface area contributed by atoms with Gasteiger partial charge in [-0.05, 0) is 36.7 Å². The van der Waals surface area contributed by atoms with Crippen molar-refractivity contribution in [3.63, 3.8) is 0 Å². The molecule has 0 spiro atoms. The summed E-state index contributed by atoms with van der Waals surface area (Å²) in [7, 11) is -2.35. The van der Waals surface area contributed by atoms with E-state index in [9.17, 15) is 13.2 Å². The highest BCUT2D eigenvalue weighted by atomic mass is 32.2. The van der Waals surface area contributed by atoms with Crippen molar-refractivity contribution in [3.05, 3.63) is 59.7 Å². The zero-order chi connectivity index (χ0) is 22.1. The molecule has 1 saturated heterocycles. The number of methoxy groups -OCH3 is 1. The van der Waals surface area contributed by atoms with E-state index in [1.54, 1.807) is 12.1 Å². The molecule has 1 aliphatic heterocycles. The minimum Gasteiger partial charge on any atom is -0.487 e. The van der Waals surface area contributed by atoms with Crippen molar-refractivity contribution in [2.75, 3.05) is 50.4 Å². The number of hydrogen-bond donors (Lipinski definition) is 1. The minimum absolute atomic E-state index is 0.0368. The summed E-state index contributed by atoms with van der Waals surface area (Å²) >= 11 is 0. The van der Waals surface area contributed by atoms with Crippen molar-refractivity contribution in [2.24, 2.45) is 0 Å². The van der Waals surface area contributed by atoms with E-state index in [4.69, 9.17) is 14.2 Å². The number of hydrogen-bond acceptors (Lipinski definition) is 7. The van der Waals surface area contributed by atoms with Gasteiger partial charge in [0.25, 0.3) is 0 Å². The predicted molar refractivity (Wildman–Crippen MR) is 118 cm³/mol. The molecule has 0 aliphatic carbocycles. The maximum atomic E-state index is 12.7. The SMILES string of the molecule is COC(=O)c1ccc(OCc2ccccc2)c(NS(=O)(=O)CCCN2CCOCC2)c1. The zero-order valence-corrected chi connectivity index (χ0v) is 18.4. The maximum Gasteiger partial charge on any atom is 0.337 e. The third kappa shape index (κ3) is 7.23. The van der Waals surface area contributed by atoms with Gasteiger partial charge in [-0.3, -0.25) is 9.62 Å². The highest BCUT2D eigenvalue weighted by molar-refractivity contribution is 7.92. The van der Waals surface area contributed by atoms with Crippen LogP contribution in [0.25, 0.3) is 0 Å². The molecule has 1 heterocycles. The molecule has 9 heteroatoms. The lowest BCUT2D eigenvalue weighted by Gasteiger charge is -2.26. The number of benzene rings is 2. The van der Waals surface area contributed by atoms with Gasteiger partial charge in [-0.2, -0.15) is 0 Å². The molecule has 0 amide bonds. The summed E-state index contributed by atoms with van der Waals surface area (Å²) in [5.41, 5.74) is 1.39. The topological polar surface area (TPSA) is 94.2 Å². The van der Waals surface area contributed by atoms with Gasteiger partial charge in [0.2, 0.25) is 10.0 Å². The van der Waals surface area contributed by atoms with E-state index in [2.05, 4.69) is 9.62 Å². The smallest absolute Gasteiger partial charge is 0.337 e. The standard InChI is InChI=1S/C22H28N2O6S/c1-28-22(25)19-8-9-21(30-17-18-6-3-2-4-7-18)20(16-19)23-31(26,27)15-5-10-24-11-13-29-14-12-24/h2-4,6-9,16,23H,5,10-15,17H2,1H3. The van der Waals surface area contributed by atoms with Crippen molar-refractivity contribution in [1.29, 1.82) is 0 Å². The lowest BCUT2D eigenvalue weighted by molar-refractivity contribution is 0.0381. The summed E-state index contributed by atoms with van der Waals surface area (Å²) in [5.74, 6) is -0.249. The number of nitrogens with zero attached hydrogens (tertiary/aromatic N) is 1. The Hall–Kier alpha value is -2.62. The van der Waals surface area contributed by atoms with Crippen LogP contribution in [0.1, 0.15) is 22.3 Å². The summed E-state index contributed by atoms with van der Waals surface area (Å²) in [6.07, 6.45) is 0.492. The first kappa shape index (κ1) is 23.1. The van der Waals surface area contributed by atoms with Gasteiger partial charge in [0.1, 0.15) is 12.4 Å². The predicted octanol–water partition coefficient (Wildman–Crippen LogP) is 2.52. The van der Waals surface area contributed by atoms with E-state index < -0.39 is 16.0 Å². The molecule has 0 unspecified atom stereocenters. The number of sulfonamides is 1. The van der Waals surface area contributed by atoms with Gasteiger partial charge in [0.05, 0.1) is 37.3 Å². The van der Waals surface area contributed by atoms with Crippen LogP contribution in [0.3, 0.4) is 0 Å². The largest absolute Gasteiger partial charge is 0.487 e. The van der Waals surface area contributed by atoms with E-state index in [0.717, 1.165) is 18.7 Å². The molecule has 0 aromatic heterocycles. The number of nitrogens with one attached hydrogen (secondary N) is 1. The number of carbonyl (C=O) groups is 1. The van der Waals surface area contributed by atoms with Crippen molar-refractivity contribution in [2.45, 2.75) is 13.0 Å². The normalized spacial score (nSPS) is 14.7. The first-order valence-corrected chi connectivity index (χ1v) is 11.8. The van der Waals surface area contributed by atoms with E-state index in [0.29, 0.717) is 31.9 Å². The molecular formula is C22H28N2O6S. The summed E-state index contributed by atoms with van der Waals surface area (Å²) < 4.78 is 43.9. The van der Waals surface area contributed by atoms with Gasteiger partial charge in [0.15, 0.2) is 0 Å². The fraction of sp³-hybridized carbons (Fsp3) is 0.409. The summed E-state index contributed by atoms with van der Waals surface area (Å²) in [6.45, 7) is 3.92. The van der Waals surface area contributed by atoms with Crippen LogP contribution in [-0.4, -0.2) is 65.0 Å². The fourth-order valence-electron chi connectivity index (χ4n) is 3.24. The van der Waals surface area contributed by atoms with Gasteiger partial charge in [0, 0.05) is 13.1 Å². The molecule has 0 atom stereocenters. The van der Waals surface area contributed by atoms with Gasteiger partial charge < -0.3 is 14.2 Å². The molecule has 2 aromatic rings. The quantitative estimate of drug-likeness (QED) is 0.558. The van der Waals surface area contributed by atoms with Crippen molar-refractivity contribution < 1.29 is 27.4 Å². The average Bonchev–Trinajstić information content (AvgIpc) is 2.78. The molecule has 2 aromatic carbocycles. The van der Waals surface area contributed by atoms with E-state index in [1.165, 1.54) is 13.2 Å². The first-order valence-electron chi connectivity index (χ1n) is 10.2. The Kier molecular flexibility index (Phi) is 8.27. The van der Waals surface area contributed by atoms with Gasteiger partial charge in [-0.25, -0.2) is 13.2 Å². The zero-order valence-electron chi connectivity index (χ0n) is 17.6. The number of morpholine rings is 1. The van der Waals surface area contributed by atoms with Crippen LogP contribution >= 0.6 is 0 Å². The van der Waals surface area contributed by atoms with Crippen LogP contribution in [0.5, 0.6) is 5.75 Å². The first-order chi connectivity index (χ1) is 15.0. The number of anilines is 1. The van der Waals surface area contributed by atoms with E-state index >= 15 is 0 Å². The second kappa shape index (κ2) is 11.1. The van der Waals surface area contributed by atoms with Crippen LogP contribution in [0.15, 0.2) is 48.5 Å². The Morgan fingerprint density at radius 2 is 1.87 bits per heavy atom. The minimum atomic E-state index is -3.63. The van der Waals surface area contributed by atoms with Crippen LogP contribution < -0.4 is 9.46 Å². The second-order valence-corrected chi connectivity index (χ2v) is 9.05. The Morgan fingerprint density at radius 3 is 2.58 bits per heavy atom. The maximum absolute atomic E-state index is 12.7. The fourth-order valence-corrected chi connectivity index (χ4v) is 4.34. The number of esters is 1. The number of rotatable bonds is 10. The van der Waals surface area contributed by atoms with E-state index in [-0.39, 0.29) is 23.6 Å². The van der Waals surface area contributed by atoms with Crippen LogP contribution in [0.2, 0.25) is 0 Å². The van der Waals surface area contributed by atoms with Crippen molar-refractivity contribution in [3.8, 4) is 5.75 Å². The Balaban J connectivity index is 1.68. The van der Waals surface area contributed by atoms with Gasteiger partial charge >= 0.3 is 5.97 Å². The molecule has 8 nitrogen and oxygen atoms in total. The number of ether oxygens (including phenoxy) is 3. The lowest BCUT2D eigenvalue weighted by atomic mass is 10.2. The highest BCUT2D eigenvalue weighted by Crippen LogP contribution is 2.28. The molecule has 1 fully saturated rings. The monoisotopic (exact) mass is 448 g/mol. The lowest BCUT2D eigenvalue weighted by Crippen LogP contribution is -2.37.